The minimum absolute atomic E-state index is 0.200. The van der Waals surface area contributed by atoms with Crippen LogP contribution in [0, 0.1) is 0 Å². The zero-order valence-electron chi connectivity index (χ0n) is 12.7. The molecule has 2 amide bonds. The molecule has 1 aromatic rings. The van der Waals surface area contributed by atoms with E-state index < -0.39 is 12.0 Å². The van der Waals surface area contributed by atoms with Crippen LogP contribution in [0.5, 0.6) is 0 Å². The molecule has 1 rings (SSSR count). The fourth-order valence-electron chi connectivity index (χ4n) is 2.02. The molecule has 7 heteroatoms. The van der Waals surface area contributed by atoms with Crippen molar-refractivity contribution in [1.29, 1.82) is 0 Å². The molecule has 0 saturated carbocycles. The Bertz CT molecular complexity index is 572. The third-order valence-electron chi connectivity index (χ3n) is 3.02. The number of carbonyl (C=O) groups is 3. The van der Waals surface area contributed by atoms with Crippen LogP contribution in [0.3, 0.4) is 0 Å². The Labute approximate surface area is 128 Å². The fraction of sp³-hybridized carbons (Fsp3) is 0.400. The Morgan fingerprint density at radius 2 is 1.82 bits per heavy atom. The molecule has 0 bridgehead atoms. The lowest BCUT2D eigenvalue weighted by Gasteiger charge is -2.13. The molecule has 22 heavy (non-hydrogen) atoms. The number of benzene rings is 1. The van der Waals surface area contributed by atoms with Gasteiger partial charge in [-0.1, -0.05) is 6.07 Å². The summed E-state index contributed by atoms with van der Waals surface area (Å²) in [5.41, 5.74) is 7.51. The van der Waals surface area contributed by atoms with Gasteiger partial charge in [0.05, 0.1) is 0 Å². The standard InChI is InChI=1S/C15H21N3O4/c1-9(19)17-12-7-6-11(14(8-12)18-10(2)20)4-3-5-13(16)15(21)22/h6-8,13H,3-5,16H2,1-2H3,(H,17,19)(H,18,20)(H,21,22). The third kappa shape index (κ3) is 5.92. The number of aryl methyl sites for hydroxylation is 1. The van der Waals surface area contributed by atoms with Crippen LogP contribution < -0.4 is 16.4 Å². The second kappa shape index (κ2) is 8.14. The number of anilines is 2. The Hall–Kier alpha value is -2.41. The number of hydrogen-bond donors (Lipinski definition) is 4. The summed E-state index contributed by atoms with van der Waals surface area (Å²) in [7, 11) is 0. The lowest BCUT2D eigenvalue weighted by Crippen LogP contribution is -2.29. The molecule has 0 fully saturated rings. The van der Waals surface area contributed by atoms with Crippen molar-refractivity contribution in [3.05, 3.63) is 23.8 Å². The van der Waals surface area contributed by atoms with Crippen LogP contribution in [0.4, 0.5) is 11.4 Å². The van der Waals surface area contributed by atoms with Crippen LogP contribution in [0.15, 0.2) is 18.2 Å². The minimum atomic E-state index is -1.02. The number of nitrogens with two attached hydrogens (primary N) is 1. The topological polar surface area (TPSA) is 122 Å². The zero-order chi connectivity index (χ0) is 16.7. The number of hydrogen-bond acceptors (Lipinski definition) is 4. The van der Waals surface area contributed by atoms with Gasteiger partial charge in [-0.25, -0.2) is 0 Å². The van der Waals surface area contributed by atoms with Crippen molar-refractivity contribution in [2.75, 3.05) is 10.6 Å². The molecule has 0 spiro atoms. The number of rotatable bonds is 7. The summed E-state index contributed by atoms with van der Waals surface area (Å²) in [6, 6.07) is 4.32. The van der Waals surface area contributed by atoms with Crippen LogP contribution >= 0.6 is 0 Å². The van der Waals surface area contributed by atoms with E-state index in [-0.39, 0.29) is 11.8 Å². The van der Waals surface area contributed by atoms with Gasteiger partial charge in [0.25, 0.3) is 0 Å². The minimum Gasteiger partial charge on any atom is -0.480 e. The van der Waals surface area contributed by atoms with Crippen molar-refractivity contribution in [1.82, 2.24) is 0 Å². The molecule has 0 aliphatic carbocycles. The molecule has 0 saturated heterocycles. The summed E-state index contributed by atoms with van der Waals surface area (Å²) < 4.78 is 0. The molecule has 1 unspecified atom stereocenters. The van der Waals surface area contributed by atoms with Gasteiger partial charge in [0.1, 0.15) is 6.04 Å². The average molecular weight is 307 g/mol. The largest absolute Gasteiger partial charge is 0.480 e. The molecule has 1 aromatic carbocycles. The predicted octanol–water partition coefficient (Wildman–Crippen LogP) is 1.34. The van der Waals surface area contributed by atoms with Crippen molar-refractivity contribution in [3.8, 4) is 0 Å². The molecule has 120 valence electrons. The average Bonchev–Trinajstić information content (AvgIpc) is 2.39. The highest BCUT2D eigenvalue weighted by Gasteiger charge is 2.12. The highest BCUT2D eigenvalue weighted by atomic mass is 16.4. The van der Waals surface area contributed by atoms with Gasteiger partial charge >= 0.3 is 5.97 Å². The normalized spacial score (nSPS) is 11.6. The van der Waals surface area contributed by atoms with Gasteiger partial charge in [0.15, 0.2) is 0 Å². The van der Waals surface area contributed by atoms with E-state index in [1.165, 1.54) is 13.8 Å². The first-order valence-corrected chi connectivity index (χ1v) is 6.96. The summed E-state index contributed by atoms with van der Waals surface area (Å²) in [5.74, 6) is -1.44. The molecule has 0 aliphatic heterocycles. The second-order valence-electron chi connectivity index (χ2n) is 5.07. The Morgan fingerprint density at radius 1 is 1.18 bits per heavy atom. The Balaban J connectivity index is 2.81. The molecular formula is C15H21N3O4. The Morgan fingerprint density at radius 3 is 2.36 bits per heavy atom. The van der Waals surface area contributed by atoms with Gasteiger partial charge in [-0.3, -0.25) is 14.4 Å². The van der Waals surface area contributed by atoms with Crippen LogP contribution in [0.25, 0.3) is 0 Å². The molecule has 1 atom stereocenters. The number of carbonyl (C=O) groups excluding carboxylic acids is 2. The van der Waals surface area contributed by atoms with Gasteiger partial charge in [-0.05, 0) is 37.0 Å². The Kier molecular flexibility index (Phi) is 6.52. The van der Waals surface area contributed by atoms with E-state index in [1.807, 2.05) is 0 Å². The SMILES string of the molecule is CC(=O)Nc1ccc(CCCC(N)C(=O)O)c(NC(C)=O)c1. The lowest BCUT2D eigenvalue weighted by atomic mass is 10.0. The van der Waals surface area contributed by atoms with Crippen LogP contribution in [-0.2, 0) is 20.8 Å². The van der Waals surface area contributed by atoms with E-state index in [0.717, 1.165) is 5.56 Å². The third-order valence-corrected chi connectivity index (χ3v) is 3.02. The molecule has 0 aliphatic rings. The summed E-state index contributed by atoms with van der Waals surface area (Å²) in [4.78, 5) is 33.0. The molecule has 0 aromatic heterocycles. The number of amides is 2. The van der Waals surface area contributed by atoms with Crippen molar-refractivity contribution >= 4 is 29.2 Å². The lowest BCUT2D eigenvalue weighted by molar-refractivity contribution is -0.138. The van der Waals surface area contributed by atoms with Gasteiger partial charge in [-0.15, -0.1) is 0 Å². The summed E-state index contributed by atoms with van der Waals surface area (Å²) in [5, 5.41) is 14.1. The van der Waals surface area contributed by atoms with Crippen LogP contribution in [0.1, 0.15) is 32.3 Å². The number of carboxylic acid groups (broad SMARTS) is 1. The zero-order valence-corrected chi connectivity index (χ0v) is 12.7. The molecule has 0 radical (unpaired) electrons. The quantitative estimate of drug-likeness (QED) is 0.605. The van der Waals surface area contributed by atoms with Crippen LogP contribution in [0.2, 0.25) is 0 Å². The van der Waals surface area contributed by atoms with E-state index in [4.69, 9.17) is 10.8 Å². The molecule has 5 N–H and O–H groups in total. The highest BCUT2D eigenvalue weighted by Crippen LogP contribution is 2.23. The highest BCUT2D eigenvalue weighted by molar-refractivity contribution is 5.93. The smallest absolute Gasteiger partial charge is 0.320 e. The first-order chi connectivity index (χ1) is 10.3. The maximum atomic E-state index is 11.3. The fourth-order valence-corrected chi connectivity index (χ4v) is 2.02. The first-order valence-electron chi connectivity index (χ1n) is 6.96. The maximum absolute atomic E-state index is 11.3. The van der Waals surface area contributed by atoms with E-state index in [2.05, 4.69) is 10.6 Å². The first kappa shape index (κ1) is 17.6. The second-order valence-corrected chi connectivity index (χ2v) is 5.07. The summed E-state index contributed by atoms with van der Waals surface area (Å²) in [6.45, 7) is 2.80. The summed E-state index contributed by atoms with van der Waals surface area (Å²) in [6.07, 6.45) is 1.51. The number of nitrogens with one attached hydrogen (secondary N) is 2. The monoisotopic (exact) mass is 307 g/mol. The van der Waals surface area contributed by atoms with Crippen molar-refractivity contribution < 1.29 is 19.5 Å². The van der Waals surface area contributed by atoms with Crippen molar-refractivity contribution in [2.45, 2.75) is 39.2 Å². The number of carboxylic acids is 1. The van der Waals surface area contributed by atoms with Crippen molar-refractivity contribution in [3.63, 3.8) is 0 Å². The van der Waals surface area contributed by atoms with Gasteiger partial charge in [0.2, 0.25) is 11.8 Å². The van der Waals surface area contributed by atoms with Gasteiger partial charge in [-0.2, -0.15) is 0 Å². The molecular weight excluding hydrogens is 286 g/mol. The van der Waals surface area contributed by atoms with E-state index in [0.29, 0.717) is 30.6 Å². The number of aliphatic carboxylic acids is 1. The predicted molar refractivity (Wildman–Crippen MR) is 83.6 cm³/mol. The maximum Gasteiger partial charge on any atom is 0.320 e. The van der Waals surface area contributed by atoms with Gasteiger partial charge < -0.3 is 21.5 Å². The van der Waals surface area contributed by atoms with Crippen LogP contribution in [-0.4, -0.2) is 28.9 Å². The van der Waals surface area contributed by atoms with Crippen molar-refractivity contribution in [2.24, 2.45) is 5.73 Å². The van der Waals surface area contributed by atoms with E-state index in [1.54, 1.807) is 18.2 Å². The van der Waals surface area contributed by atoms with E-state index >= 15 is 0 Å². The molecule has 0 heterocycles. The molecule has 7 nitrogen and oxygen atoms in total. The summed E-state index contributed by atoms with van der Waals surface area (Å²) >= 11 is 0. The van der Waals surface area contributed by atoms with Gasteiger partial charge in [0, 0.05) is 25.2 Å². The van der Waals surface area contributed by atoms with E-state index in [9.17, 15) is 14.4 Å².